The molecule has 0 amide bonds. The van der Waals surface area contributed by atoms with Gasteiger partial charge in [-0.15, -0.1) is 0 Å². The number of ether oxygens (including phenoxy) is 1. The number of carbonyl (C=O) groups excluding carboxylic acids is 1. The van der Waals surface area contributed by atoms with E-state index in [9.17, 15) is 9.59 Å². The highest BCUT2D eigenvalue weighted by atomic mass is 32.2. The molecule has 27 heavy (non-hydrogen) atoms. The Morgan fingerprint density at radius 2 is 2.15 bits per heavy atom. The van der Waals surface area contributed by atoms with Crippen molar-refractivity contribution in [3.05, 3.63) is 69.8 Å². The van der Waals surface area contributed by atoms with Crippen molar-refractivity contribution in [2.24, 2.45) is 4.99 Å². The van der Waals surface area contributed by atoms with Crippen LogP contribution >= 0.6 is 23.5 Å². The molecule has 1 aromatic heterocycles. The zero-order chi connectivity index (χ0) is 18.8. The fourth-order valence-corrected chi connectivity index (χ4v) is 4.65. The molecule has 4 rings (SSSR count). The number of H-pyrrole nitrogens is 1. The smallest absolute Gasteiger partial charge is 0.337 e. The second kappa shape index (κ2) is 7.58. The molecule has 0 spiro atoms. The van der Waals surface area contributed by atoms with Crippen LogP contribution in [-0.4, -0.2) is 27.4 Å². The topological polar surface area (TPSA) is 84.4 Å². The number of aromatic amines is 1. The number of para-hydroxylation sites is 1. The number of esters is 1. The summed E-state index contributed by atoms with van der Waals surface area (Å²) in [5.41, 5.74) is 2.82. The molecule has 0 fully saturated rings. The molecule has 0 radical (unpaired) electrons. The third-order valence-electron chi connectivity index (χ3n) is 4.06. The van der Waals surface area contributed by atoms with Crippen molar-refractivity contribution in [1.29, 1.82) is 0 Å². The summed E-state index contributed by atoms with van der Waals surface area (Å²) < 4.78 is 5.67. The zero-order valence-corrected chi connectivity index (χ0v) is 16.0. The van der Waals surface area contributed by atoms with E-state index in [0.717, 1.165) is 15.8 Å². The molecule has 0 saturated heterocycles. The van der Waals surface area contributed by atoms with Crippen molar-refractivity contribution < 1.29 is 9.53 Å². The van der Waals surface area contributed by atoms with Gasteiger partial charge in [-0.3, -0.25) is 4.79 Å². The summed E-state index contributed by atoms with van der Waals surface area (Å²) >= 11 is 3.21. The van der Waals surface area contributed by atoms with Crippen LogP contribution in [0.4, 0.5) is 5.69 Å². The largest absolute Gasteiger partial charge is 0.465 e. The Morgan fingerprint density at radius 3 is 3.00 bits per heavy atom. The second-order valence-corrected chi connectivity index (χ2v) is 8.01. The molecule has 6 nitrogen and oxygen atoms in total. The lowest BCUT2D eigenvalue weighted by molar-refractivity contribution is 0.0601. The summed E-state index contributed by atoms with van der Waals surface area (Å²) in [5.74, 6) is 1.46. The average molecular weight is 397 g/mol. The first-order valence-electron chi connectivity index (χ1n) is 8.17. The van der Waals surface area contributed by atoms with Crippen LogP contribution in [0.25, 0.3) is 10.9 Å². The van der Waals surface area contributed by atoms with Crippen LogP contribution in [0.15, 0.2) is 52.3 Å². The van der Waals surface area contributed by atoms with Crippen LogP contribution in [0.5, 0.6) is 0 Å². The molecule has 1 aliphatic heterocycles. The van der Waals surface area contributed by atoms with Crippen molar-refractivity contribution in [3.8, 4) is 0 Å². The Balaban J connectivity index is 1.58. The molecule has 1 N–H and O–H groups in total. The summed E-state index contributed by atoms with van der Waals surface area (Å²) in [6.07, 6.45) is 0. The summed E-state index contributed by atoms with van der Waals surface area (Å²) in [7, 11) is 1.32. The fourth-order valence-electron chi connectivity index (χ4n) is 2.72. The maximum atomic E-state index is 12.3. The highest BCUT2D eigenvalue weighted by Crippen LogP contribution is 2.35. The minimum absolute atomic E-state index is 0.226. The van der Waals surface area contributed by atoms with Crippen LogP contribution < -0.4 is 5.56 Å². The zero-order valence-electron chi connectivity index (χ0n) is 14.4. The van der Waals surface area contributed by atoms with Gasteiger partial charge in [0.25, 0.3) is 5.56 Å². The molecular formula is C19H15N3O3S2. The van der Waals surface area contributed by atoms with Crippen LogP contribution in [0.3, 0.4) is 0 Å². The fraction of sp³-hybridized carbons (Fsp3) is 0.158. The normalized spacial score (nSPS) is 13.1. The highest BCUT2D eigenvalue weighted by Gasteiger charge is 2.14. The quantitative estimate of drug-likeness (QED) is 0.675. The summed E-state index contributed by atoms with van der Waals surface area (Å²) in [6, 6.07) is 12.8. The maximum Gasteiger partial charge on any atom is 0.337 e. The Hall–Kier alpha value is -2.58. The van der Waals surface area contributed by atoms with Gasteiger partial charge in [0.05, 0.1) is 35.0 Å². The minimum atomic E-state index is -0.457. The molecule has 3 aromatic rings. The van der Waals surface area contributed by atoms with Crippen molar-refractivity contribution in [3.63, 3.8) is 0 Å². The number of carbonyl (C=O) groups is 1. The van der Waals surface area contributed by atoms with E-state index in [0.29, 0.717) is 28.0 Å². The van der Waals surface area contributed by atoms with E-state index in [4.69, 9.17) is 4.74 Å². The monoisotopic (exact) mass is 397 g/mol. The molecule has 0 unspecified atom stereocenters. The van der Waals surface area contributed by atoms with E-state index in [-0.39, 0.29) is 5.56 Å². The molecule has 1 aliphatic rings. The number of fused-ring (bicyclic) bond motifs is 2. The first-order chi connectivity index (χ1) is 13.1. The van der Waals surface area contributed by atoms with Gasteiger partial charge in [0.2, 0.25) is 0 Å². The third-order valence-corrected chi connectivity index (χ3v) is 6.32. The van der Waals surface area contributed by atoms with E-state index in [1.54, 1.807) is 30.0 Å². The van der Waals surface area contributed by atoms with Gasteiger partial charge in [-0.1, -0.05) is 41.7 Å². The number of rotatable bonds is 3. The molecule has 0 atom stereocenters. The number of aromatic nitrogens is 2. The summed E-state index contributed by atoms with van der Waals surface area (Å²) in [5, 5.41) is 0.440. The van der Waals surface area contributed by atoms with Crippen LogP contribution in [0, 0.1) is 0 Å². The van der Waals surface area contributed by atoms with Crippen molar-refractivity contribution in [1.82, 2.24) is 9.97 Å². The average Bonchev–Trinajstić information content (AvgIpc) is 2.71. The molecule has 2 aromatic carbocycles. The Kier molecular flexibility index (Phi) is 5.00. The molecule has 2 heterocycles. The molecule has 0 aliphatic carbocycles. The van der Waals surface area contributed by atoms with Crippen molar-refractivity contribution in [2.75, 3.05) is 7.11 Å². The lowest BCUT2D eigenvalue weighted by Gasteiger charge is -2.14. The predicted octanol–water partition coefficient (Wildman–Crippen LogP) is 3.88. The highest BCUT2D eigenvalue weighted by molar-refractivity contribution is 8.38. The lowest BCUT2D eigenvalue weighted by atomic mass is 10.1. The number of hydrogen-bond donors (Lipinski definition) is 1. The Morgan fingerprint density at radius 1 is 1.30 bits per heavy atom. The lowest BCUT2D eigenvalue weighted by Crippen LogP contribution is -2.12. The molecule has 0 bridgehead atoms. The maximum absolute atomic E-state index is 12.3. The number of benzene rings is 2. The van der Waals surface area contributed by atoms with Gasteiger partial charge < -0.3 is 9.72 Å². The van der Waals surface area contributed by atoms with E-state index >= 15 is 0 Å². The number of nitrogens with zero attached hydrogens (tertiary/aromatic N) is 2. The van der Waals surface area contributed by atoms with E-state index < -0.39 is 5.97 Å². The Bertz CT molecular complexity index is 1120. The van der Waals surface area contributed by atoms with Gasteiger partial charge in [-0.25, -0.2) is 14.8 Å². The first kappa shape index (κ1) is 17.8. The van der Waals surface area contributed by atoms with Gasteiger partial charge in [0.15, 0.2) is 0 Å². The van der Waals surface area contributed by atoms with Crippen LogP contribution in [0.2, 0.25) is 0 Å². The number of methoxy groups -OCH3 is 1. The predicted molar refractivity (Wildman–Crippen MR) is 110 cm³/mol. The molecular weight excluding hydrogens is 382 g/mol. The standard InChI is InChI=1S/C19H15N3O3S2/c1-25-18(24)11-6-7-13-15(8-11)20-16(22-17(13)23)10-27-19-21-14-5-3-2-4-12(14)9-26-19/h2-8H,9-10H2,1H3,(H,20,22,23). The van der Waals surface area contributed by atoms with Gasteiger partial charge in [-0.05, 0) is 29.8 Å². The van der Waals surface area contributed by atoms with Gasteiger partial charge in [0.1, 0.15) is 10.2 Å². The molecule has 8 heteroatoms. The third kappa shape index (κ3) is 3.77. The number of aliphatic imine (C=N–C) groups is 1. The van der Waals surface area contributed by atoms with E-state index in [1.165, 1.54) is 24.4 Å². The summed E-state index contributed by atoms with van der Waals surface area (Å²) in [6.45, 7) is 0. The second-order valence-electron chi connectivity index (χ2n) is 5.82. The molecule has 0 saturated carbocycles. The minimum Gasteiger partial charge on any atom is -0.465 e. The number of nitrogens with one attached hydrogen (secondary N) is 1. The van der Waals surface area contributed by atoms with Gasteiger partial charge >= 0.3 is 5.97 Å². The summed E-state index contributed by atoms with van der Waals surface area (Å²) in [4.78, 5) is 36.0. The van der Waals surface area contributed by atoms with Gasteiger partial charge in [0, 0.05) is 5.75 Å². The first-order valence-corrected chi connectivity index (χ1v) is 10.1. The van der Waals surface area contributed by atoms with Gasteiger partial charge in [-0.2, -0.15) is 0 Å². The van der Waals surface area contributed by atoms with E-state index in [2.05, 4.69) is 21.0 Å². The van der Waals surface area contributed by atoms with E-state index in [1.807, 2.05) is 18.2 Å². The Labute approximate surface area is 163 Å². The van der Waals surface area contributed by atoms with Crippen molar-refractivity contribution in [2.45, 2.75) is 11.5 Å². The number of thioether (sulfide) groups is 2. The van der Waals surface area contributed by atoms with Crippen molar-refractivity contribution >= 4 is 50.5 Å². The van der Waals surface area contributed by atoms with Crippen LogP contribution in [0.1, 0.15) is 21.7 Å². The molecule has 136 valence electrons. The number of hydrogen-bond acceptors (Lipinski definition) is 7. The SMILES string of the molecule is COC(=O)c1ccc2c(=O)[nH]c(CSC3=Nc4ccccc4CS3)nc2c1. The van der Waals surface area contributed by atoms with Crippen LogP contribution in [-0.2, 0) is 16.2 Å².